The summed E-state index contributed by atoms with van der Waals surface area (Å²) in [5.74, 6) is 0.700. The molecular formula is C30H31NO5. The van der Waals surface area contributed by atoms with Crippen LogP contribution < -0.4 is 9.47 Å². The molecule has 1 aliphatic heterocycles. The van der Waals surface area contributed by atoms with E-state index in [1.165, 1.54) is 0 Å². The maximum Gasteiger partial charge on any atom is 0.187 e. The first kappa shape index (κ1) is 25.1. The van der Waals surface area contributed by atoms with Gasteiger partial charge >= 0.3 is 0 Å². The molecule has 0 aliphatic carbocycles. The summed E-state index contributed by atoms with van der Waals surface area (Å²) in [4.78, 5) is 15.9. The fourth-order valence-corrected chi connectivity index (χ4v) is 4.35. The Labute approximate surface area is 211 Å². The van der Waals surface area contributed by atoms with Gasteiger partial charge in [-0.05, 0) is 43.7 Å². The number of aromatic hydroxyl groups is 2. The molecule has 3 aromatic rings. The number of carbonyl (C=O) groups excluding carboxylic acids is 1. The third-order valence-electron chi connectivity index (χ3n) is 5.91. The molecule has 0 unspecified atom stereocenters. The average Bonchev–Trinajstić information content (AvgIpc) is 2.87. The molecule has 1 heterocycles. The first-order valence-electron chi connectivity index (χ1n) is 12.1. The van der Waals surface area contributed by atoms with Crippen molar-refractivity contribution < 1.29 is 24.5 Å². The number of piperidine rings is 1. The summed E-state index contributed by atoms with van der Waals surface area (Å²) in [5, 5.41) is 20.6. The lowest BCUT2D eigenvalue weighted by Crippen LogP contribution is -2.37. The van der Waals surface area contributed by atoms with Crippen molar-refractivity contribution in [2.45, 2.75) is 20.4 Å². The number of Topliss-reactive ketones (excluding diaryl/α,β-unsaturated/α-hetero) is 1. The van der Waals surface area contributed by atoms with Crippen molar-refractivity contribution >= 4 is 17.9 Å². The first-order chi connectivity index (χ1) is 17.5. The van der Waals surface area contributed by atoms with E-state index in [2.05, 4.69) is 17.0 Å². The first-order valence-corrected chi connectivity index (χ1v) is 12.1. The van der Waals surface area contributed by atoms with Crippen molar-refractivity contribution in [3.63, 3.8) is 0 Å². The molecule has 1 fully saturated rings. The minimum absolute atomic E-state index is 0.0347. The van der Waals surface area contributed by atoms with Crippen molar-refractivity contribution in [1.29, 1.82) is 0 Å². The number of rotatable bonds is 8. The zero-order chi connectivity index (χ0) is 25.5. The number of likely N-dealkylation sites (tertiary alicyclic amines) is 1. The Balaban J connectivity index is 1.77. The number of ether oxygens (including phenoxy) is 2. The van der Waals surface area contributed by atoms with Crippen LogP contribution in [0.5, 0.6) is 23.0 Å². The van der Waals surface area contributed by atoms with Gasteiger partial charge in [0.2, 0.25) is 0 Å². The van der Waals surface area contributed by atoms with Gasteiger partial charge in [0.05, 0.1) is 13.2 Å². The Morgan fingerprint density at radius 2 is 1.25 bits per heavy atom. The standard InChI is InChI=1S/C30H31NO5/c1-3-35-29-22(12-8-14-26(29)32)16-24-19-31(18-21-10-6-5-7-11-21)20-25(28(24)34)17-23-13-9-15-27(33)30(23)36-4-2/h5-17,32-33H,3-4,18-20H2,1-2H3/b24-16-,25-17+. The molecule has 1 aliphatic rings. The molecule has 0 atom stereocenters. The minimum Gasteiger partial charge on any atom is -0.504 e. The number of phenolic OH excluding ortho intramolecular Hbond substituents is 2. The highest BCUT2D eigenvalue weighted by atomic mass is 16.5. The van der Waals surface area contributed by atoms with E-state index in [0.717, 1.165) is 5.56 Å². The Kier molecular flexibility index (Phi) is 8.08. The van der Waals surface area contributed by atoms with Crippen LogP contribution >= 0.6 is 0 Å². The van der Waals surface area contributed by atoms with Crippen LogP contribution in [0.1, 0.15) is 30.5 Å². The van der Waals surface area contributed by atoms with E-state index in [-0.39, 0.29) is 17.3 Å². The highest BCUT2D eigenvalue weighted by molar-refractivity contribution is 6.15. The highest BCUT2D eigenvalue weighted by Gasteiger charge is 2.27. The third-order valence-corrected chi connectivity index (χ3v) is 5.91. The molecular weight excluding hydrogens is 454 g/mol. The van der Waals surface area contributed by atoms with Gasteiger partial charge in [-0.25, -0.2) is 0 Å². The maximum absolute atomic E-state index is 13.7. The van der Waals surface area contributed by atoms with Crippen LogP contribution in [0, 0.1) is 0 Å². The van der Waals surface area contributed by atoms with Gasteiger partial charge in [0.1, 0.15) is 0 Å². The van der Waals surface area contributed by atoms with Crippen molar-refractivity contribution in [2.24, 2.45) is 0 Å². The lowest BCUT2D eigenvalue weighted by Gasteiger charge is -2.30. The van der Waals surface area contributed by atoms with Gasteiger partial charge in [0.15, 0.2) is 28.8 Å². The lowest BCUT2D eigenvalue weighted by atomic mass is 9.93. The van der Waals surface area contributed by atoms with E-state index >= 15 is 0 Å². The molecule has 0 aromatic heterocycles. The van der Waals surface area contributed by atoms with Crippen LogP contribution in [0.2, 0.25) is 0 Å². The molecule has 0 bridgehead atoms. The predicted molar refractivity (Wildman–Crippen MR) is 141 cm³/mol. The topological polar surface area (TPSA) is 79.2 Å². The van der Waals surface area contributed by atoms with Crippen LogP contribution in [0.25, 0.3) is 12.2 Å². The monoisotopic (exact) mass is 485 g/mol. The number of carbonyl (C=O) groups is 1. The Bertz CT molecular complexity index is 1200. The summed E-state index contributed by atoms with van der Waals surface area (Å²) < 4.78 is 11.3. The normalized spacial score (nSPS) is 16.4. The zero-order valence-electron chi connectivity index (χ0n) is 20.6. The number of para-hydroxylation sites is 2. The molecule has 3 aromatic carbocycles. The molecule has 2 N–H and O–H groups in total. The van der Waals surface area contributed by atoms with E-state index in [0.29, 0.717) is 66.6 Å². The van der Waals surface area contributed by atoms with Gasteiger partial charge in [-0.15, -0.1) is 0 Å². The summed E-state index contributed by atoms with van der Waals surface area (Å²) in [6, 6.07) is 20.4. The second-order valence-corrected chi connectivity index (χ2v) is 8.56. The summed E-state index contributed by atoms with van der Waals surface area (Å²) >= 11 is 0. The molecule has 6 heteroatoms. The SMILES string of the molecule is CCOc1c(O)cccc1/C=C1/CN(Cc2ccccc2)C/C(=C\c2cccc(O)c2OCC)C1=O. The van der Waals surface area contributed by atoms with Crippen LogP contribution in [0.4, 0.5) is 0 Å². The fourth-order valence-electron chi connectivity index (χ4n) is 4.35. The summed E-state index contributed by atoms with van der Waals surface area (Å²) in [5.41, 5.74) is 3.62. The smallest absolute Gasteiger partial charge is 0.187 e. The molecule has 6 nitrogen and oxygen atoms in total. The van der Waals surface area contributed by atoms with E-state index in [4.69, 9.17) is 9.47 Å². The van der Waals surface area contributed by atoms with Crippen molar-refractivity contribution in [2.75, 3.05) is 26.3 Å². The molecule has 1 saturated heterocycles. The van der Waals surface area contributed by atoms with Crippen molar-refractivity contribution in [3.8, 4) is 23.0 Å². The van der Waals surface area contributed by atoms with Crippen molar-refractivity contribution in [1.82, 2.24) is 4.90 Å². The second-order valence-electron chi connectivity index (χ2n) is 8.56. The van der Waals surface area contributed by atoms with Gasteiger partial charge in [0, 0.05) is 41.9 Å². The lowest BCUT2D eigenvalue weighted by molar-refractivity contribution is -0.113. The third kappa shape index (κ3) is 5.78. The Morgan fingerprint density at radius 1 is 0.750 bits per heavy atom. The largest absolute Gasteiger partial charge is 0.504 e. The maximum atomic E-state index is 13.7. The Morgan fingerprint density at radius 3 is 1.72 bits per heavy atom. The molecule has 36 heavy (non-hydrogen) atoms. The summed E-state index contributed by atoms with van der Waals surface area (Å²) in [6.07, 6.45) is 3.59. The average molecular weight is 486 g/mol. The molecule has 4 rings (SSSR count). The molecule has 0 saturated carbocycles. The zero-order valence-corrected chi connectivity index (χ0v) is 20.6. The van der Waals surface area contributed by atoms with Crippen LogP contribution in [-0.4, -0.2) is 47.2 Å². The van der Waals surface area contributed by atoms with Gasteiger partial charge in [-0.1, -0.05) is 54.6 Å². The van der Waals surface area contributed by atoms with Crippen LogP contribution in [0.3, 0.4) is 0 Å². The van der Waals surface area contributed by atoms with Crippen LogP contribution in [0.15, 0.2) is 77.9 Å². The predicted octanol–water partition coefficient (Wildman–Crippen LogP) is 5.45. The Hall–Kier alpha value is -4.03. The van der Waals surface area contributed by atoms with Gasteiger partial charge < -0.3 is 19.7 Å². The molecule has 0 radical (unpaired) electrons. The van der Waals surface area contributed by atoms with E-state index < -0.39 is 0 Å². The van der Waals surface area contributed by atoms with Gasteiger partial charge in [-0.2, -0.15) is 0 Å². The van der Waals surface area contributed by atoms with Gasteiger partial charge in [0.25, 0.3) is 0 Å². The number of ketones is 1. The summed E-state index contributed by atoms with van der Waals surface area (Å²) in [7, 11) is 0. The molecule has 0 spiro atoms. The number of hydrogen-bond donors (Lipinski definition) is 2. The number of benzene rings is 3. The van der Waals surface area contributed by atoms with Gasteiger partial charge in [-0.3, -0.25) is 9.69 Å². The summed E-state index contributed by atoms with van der Waals surface area (Å²) in [6.45, 7) is 6.05. The van der Waals surface area contributed by atoms with E-state index in [9.17, 15) is 15.0 Å². The molecule has 0 amide bonds. The molecule has 186 valence electrons. The quantitative estimate of drug-likeness (QED) is 0.413. The fraction of sp³-hybridized carbons (Fsp3) is 0.233. The number of nitrogens with zero attached hydrogens (tertiary/aromatic N) is 1. The van der Waals surface area contributed by atoms with E-state index in [1.807, 2.05) is 44.2 Å². The highest BCUT2D eigenvalue weighted by Crippen LogP contribution is 2.35. The number of phenols is 2. The van der Waals surface area contributed by atoms with Crippen molar-refractivity contribution in [3.05, 3.63) is 94.6 Å². The minimum atomic E-state index is -0.0871. The second kappa shape index (κ2) is 11.6. The van der Waals surface area contributed by atoms with E-state index in [1.54, 1.807) is 36.4 Å². The number of hydrogen-bond acceptors (Lipinski definition) is 6. The van der Waals surface area contributed by atoms with Crippen LogP contribution in [-0.2, 0) is 11.3 Å².